The minimum absolute atomic E-state index is 0.0442. The van der Waals surface area contributed by atoms with E-state index in [4.69, 9.17) is 4.74 Å². The van der Waals surface area contributed by atoms with Gasteiger partial charge < -0.3 is 9.64 Å². The minimum atomic E-state index is -4.77. The van der Waals surface area contributed by atoms with Crippen molar-refractivity contribution in [3.05, 3.63) is 65.2 Å². The fourth-order valence-electron chi connectivity index (χ4n) is 3.39. The number of carbonyl (C=O) groups excluding carboxylic acids is 1. The number of halogens is 4. The molecule has 0 saturated heterocycles. The summed E-state index contributed by atoms with van der Waals surface area (Å²) in [6.07, 6.45) is -2.41. The molecule has 0 spiro atoms. The highest BCUT2D eigenvalue weighted by Gasteiger charge is 2.34. The van der Waals surface area contributed by atoms with E-state index >= 15 is 0 Å². The predicted octanol–water partition coefficient (Wildman–Crippen LogP) is 3.60. The topological polar surface area (TPSA) is 73.1 Å². The number of ether oxygens (including phenoxy) is 1. The minimum Gasteiger partial charge on any atom is -0.457 e. The second-order valence-corrected chi connectivity index (χ2v) is 7.06. The summed E-state index contributed by atoms with van der Waals surface area (Å²) < 4.78 is 58.9. The molecule has 0 N–H and O–H groups in total. The van der Waals surface area contributed by atoms with Gasteiger partial charge in [-0.15, -0.1) is 5.10 Å². The first-order valence-electron chi connectivity index (χ1n) is 9.44. The van der Waals surface area contributed by atoms with Crippen molar-refractivity contribution < 1.29 is 27.1 Å². The zero-order valence-electron chi connectivity index (χ0n) is 16.1. The summed E-state index contributed by atoms with van der Waals surface area (Å²) in [5, 5.41) is 10.8. The third-order valence-electron chi connectivity index (χ3n) is 4.97. The van der Waals surface area contributed by atoms with Gasteiger partial charge in [-0.3, -0.25) is 4.79 Å². The van der Waals surface area contributed by atoms with Crippen LogP contribution in [0.25, 0.3) is 0 Å². The van der Waals surface area contributed by atoms with Crippen molar-refractivity contribution in [2.24, 2.45) is 0 Å². The first kappa shape index (κ1) is 20.8. The van der Waals surface area contributed by atoms with Gasteiger partial charge in [-0.2, -0.15) is 13.2 Å². The number of carbonyl (C=O) groups is 1. The molecule has 31 heavy (non-hydrogen) atoms. The number of aryl methyl sites for hydroxylation is 1. The number of hydrogen-bond acceptors (Lipinski definition) is 5. The molecule has 4 rings (SSSR count). The van der Waals surface area contributed by atoms with Crippen LogP contribution in [0.3, 0.4) is 0 Å². The van der Waals surface area contributed by atoms with Crippen molar-refractivity contribution in [2.45, 2.75) is 32.1 Å². The van der Waals surface area contributed by atoms with Gasteiger partial charge in [0.15, 0.2) is 0 Å². The maximum absolute atomic E-state index is 13.8. The van der Waals surface area contributed by atoms with E-state index in [1.807, 2.05) is 6.07 Å². The molecule has 1 aliphatic heterocycles. The van der Waals surface area contributed by atoms with Crippen LogP contribution >= 0.6 is 0 Å². The van der Waals surface area contributed by atoms with Crippen molar-refractivity contribution in [2.75, 3.05) is 6.54 Å². The van der Waals surface area contributed by atoms with E-state index in [1.54, 1.807) is 17.0 Å². The maximum Gasteiger partial charge on any atom is 0.419 e. The summed E-state index contributed by atoms with van der Waals surface area (Å²) in [7, 11) is 0. The Hall–Kier alpha value is -3.50. The summed E-state index contributed by atoms with van der Waals surface area (Å²) in [6.45, 7) is 1.33. The SMILES string of the molecule is O=C(CCn1cnnn1)N1CCc2ccc(Oc3ccc(C(F)(F)F)c(F)c3)cc2C1. The zero-order chi connectivity index (χ0) is 22.0. The van der Waals surface area contributed by atoms with Crippen molar-refractivity contribution in [1.82, 2.24) is 25.1 Å². The third kappa shape index (κ3) is 4.81. The van der Waals surface area contributed by atoms with Gasteiger partial charge in [-0.05, 0) is 52.2 Å². The average molecular weight is 435 g/mol. The van der Waals surface area contributed by atoms with Crippen LogP contribution in [0, 0.1) is 5.82 Å². The highest BCUT2D eigenvalue weighted by Crippen LogP contribution is 2.34. The smallest absolute Gasteiger partial charge is 0.419 e. The fourth-order valence-corrected chi connectivity index (χ4v) is 3.39. The number of tetrazole rings is 1. The number of rotatable bonds is 5. The van der Waals surface area contributed by atoms with Crippen LogP contribution in [-0.2, 0) is 30.5 Å². The second-order valence-electron chi connectivity index (χ2n) is 7.06. The first-order valence-corrected chi connectivity index (χ1v) is 9.44. The number of alkyl halides is 3. The lowest BCUT2D eigenvalue weighted by atomic mass is 9.99. The van der Waals surface area contributed by atoms with E-state index in [0.717, 1.165) is 17.2 Å². The van der Waals surface area contributed by atoms with Crippen molar-refractivity contribution in [1.29, 1.82) is 0 Å². The molecule has 0 saturated carbocycles. The van der Waals surface area contributed by atoms with Crippen LogP contribution in [-0.4, -0.2) is 37.6 Å². The second kappa shape index (κ2) is 8.32. The van der Waals surface area contributed by atoms with Crippen LogP contribution in [0.1, 0.15) is 23.1 Å². The normalized spacial score (nSPS) is 13.7. The number of amides is 1. The number of hydrogen-bond donors (Lipinski definition) is 0. The maximum atomic E-state index is 13.8. The lowest BCUT2D eigenvalue weighted by Crippen LogP contribution is -2.36. The molecule has 0 radical (unpaired) electrons. The van der Waals surface area contributed by atoms with E-state index in [-0.39, 0.29) is 18.1 Å². The molecule has 2 heterocycles. The van der Waals surface area contributed by atoms with Crippen LogP contribution < -0.4 is 4.74 Å². The van der Waals surface area contributed by atoms with Gasteiger partial charge in [0.2, 0.25) is 5.91 Å². The first-order chi connectivity index (χ1) is 14.8. The lowest BCUT2D eigenvalue weighted by molar-refractivity contribution is -0.140. The fraction of sp³-hybridized carbons (Fsp3) is 0.300. The van der Waals surface area contributed by atoms with Crippen LogP contribution in [0.4, 0.5) is 17.6 Å². The Morgan fingerprint density at radius 3 is 2.58 bits per heavy atom. The van der Waals surface area contributed by atoms with Crippen LogP contribution in [0.2, 0.25) is 0 Å². The molecular weight excluding hydrogens is 418 g/mol. The Balaban J connectivity index is 1.43. The largest absolute Gasteiger partial charge is 0.457 e. The number of fused-ring (bicyclic) bond motifs is 1. The third-order valence-corrected chi connectivity index (χ3v) is 4.97. The van der Waals surface area contributed by atoms with E-state index < -0.39 is 17.6 Å². The summed E-state index contributed by atoms with van der Waals surface area (Å²) in [5.41, 5.74) is 0.573. The molecule has 3 aromatic rings. The molecule has 1 amide bonds. The highest BCUT2D eigenvalue weighted by atomic mass is 19.4. The zero-order valence-corrected chi connectivity index (χ0v) is 16.1. The molecule has 0 bridgehead atoms. The lowest BCUT2D eigenvalue weighted by Gasteiger charge is -2.29. The number of aromatic nitrogens is 4. The average Bonchev–Trinajstić information content (AvgIpc) is 3.24. The van der Waals surface area contributed by atoms with Gasteiger partial charge in [0.05, 0.1) is 12.1 Å². The summed E-state index contributed by atoms with van der Waals surface area (Å²) in [5.74, 6) is -1.14. The monoisotopic (exact) mass is 435 g/mol. The molecule has 11 heteroatoms. The van der Waals surface area contributed by atoms with E-state index in [2.05, 4.69) is 15.5 Å². The van der Waals surface area contributed by atoms with Crippen molar-refractivity contribution in [3.8, 4) is 11.5 Å². The van der Waals surface area contributed by atoms with Gasteiger partial charge in [0.25, 0.3) is 0 Å². The molecule has 0 aliphatic carbocycles. The Labute approximate surface area is 174 Å². The van der Waals surface area contributed by atoms with Gasteiger partial charge in [-0.1, -0.05) is 6.07 Å². The molecule has 0 fully saturated rings. The molecule has 0 unspecified atom stereocenters. The Morgan fingerprint density at radius 2 is 1.87 bits per heavy atom. The molecule has 7 nitrogen and oxygen atoms in total. The Morgan fingerprint density at radius 1 is 1.10 bits per heavy atom. The highest BCUT2D eigenvalue weighted by molar-refractivity contribution is 5.76. The molecule has 162 valence electrons. The summed E-state index contributed by atoms with van der Waals surface area (Å²) in [6, 6.07) is 7.65. The van der Waals surface area contributed by atoms with Crippen LogP contribution in [0.15, 0.2) is 42.7 Å². The summed E-state index contributed by atoms with van der Waals surface area (Å²) in [4.78, 5) is 14.2. The van der Waals surface area contributed by atoms with Gasteiger partial charge in [0, 0.05) is 25.6 Å². The molecular formula is C20H17F4N5O2. The number of benzene rings is 2. The molecule has 1 aliphatic rings. The quantitative estimate of drug-likeness (QED) is 0.573. The van der Waals surface area contributed by atoms with Gasteiger partial charge >= 0.3 is 6.18 Å². The Kier molecular flexibility index (Phi) is 5.57. The molecule has 1 aromatic heterocycles. The predicted molar refractivity (Wildman–Crippen MR) is 99.5 cm³/mol. The molecule has 0 atom stereocenters. The van der Waals surface area contributed by atoms with E-state index in [9.17, 15) is 22.4 Å². The van der Waals surface area contributed by atoms with E-state index in [1.165, 1.54) is 11.0 Å². The standard InChI is InChI=1S/C20H17F4N5O2/c21-18-10-16(3-4-17(18)20(22,23)24)31-15-2-1-13-5-7-28(11-14(13)9-15)19(30)6-8-29-12-25-26-27-29/h1-4,9-10,12H,5-8,11H2. The van der Waals surface area contributed by atoms with E-state index in [0.29, 0.717) is 43.9 Å². The van der Waals surface area contributed by atoms with Gasteiger partial charge in [0.1, 0.15) is 23.6 Å². The number of nitrogens with zero attached hydrogens (tertiary/aromatic N) is 5. The molecule has 2 aromatic carbocycles. The van der Waals surface area contributed by atoms with Crippen LogP contribution in [0.5, 0.6) is 11.5 Å². The van der Waals surface area contributed by atoms with Gasteiger partial charge in [-0.25, -0.2) is 9.07 Å². The van der Waals surface area contributed by atoms with Crippen molar-refractivity contribution in [3.63, 3.8) is 0 Å². The van der Waals surface area contributed by atoms with Crippen molar-refractivity contribution >= 4 is 5.91 Å². The summed E-state index contributed by atoms with van der Waals surface area (Å²) >= 11 is 0. The Bertz CT molecular complexity index is 1090.